The topological polar surface area (TPSA) is 158 Å². The Bertz CT molecular complexity index is 1650. The molecule has 0 aromatic carbocycles. The second kappa shape index (κ2) is 77.4. The zero-order valence-electron chi connectivity index (χ0n) is 65.7. The normalized spacial score (nSPS) is 11.6. The molecule has 0 radical (unpaired) electrons. The number of carbonyl (C=O) groups is 5. The average Bonchev–Trinajstić information content (AvgIpc) is 3.80. The molecule has 5 amide bonds. The number of hydrogen-bond donors (Lipinski definition) is 5. The van der Waals surface area contributed by atoms with Crippen molar-refractivity contribution in [1.29, 1.82) is 0 Å². The molecule has 0 rings (SSSR count). The average molecular weight is 1370 g/mol. The van der Waals surface area contributed by atoms with Crippen molar-refractivity contribution in [2.24, 2.45) is 0 Å². The van der Waals surface area contributed by atoms with Gasteiger partial charge in [0.1, 0.15) is 0 Å². The lowest BCUT2D eigenvalue weighted by molar-refractivity contribution is -0.131. The fourth-order valence-electron chi connectivity index (χ4n) is 13.3. The number of amides is 5. The van der Waals surface area contributed by atoms with Crippen LogP contribution in [-0.2, 0) is 24.0 Å². The van der Waals surface area contributed by atoms with Gasteiger partial charge in [-0.2, -0.15) is 0 Å². The van der Waals surface area contributed by atoms with Crippen LogP contribution in [0.4, 0.5) is 0 Å². The molecule has 97 heavy (non-hydrogen) atoms. The Kier molecular flexibility index (Phi) is 75.1. The molecule has 0 heterocycles. The van der Waals surface area contributed by atoms with Gasteiger partial charge in [0.2, 0.25) is 29.5 Å². The number of carbonyl (C=O) groups excluding carboxylic acids is 5. The Morgan fingerprint density at radius 3 is 0.660 bits per heavy atom. The molecule has 0 aliphatic carbocycles. The zero-order chi connectivity index (χ0) is 70.6. The van der Waals surface area contributed by atoms with Crippen LogP contribution in [0, 0.1) is 0 Å². The van der Waals surface area contributed by atoms with Gasteiger partial charge < -0.3 is 46.2 Å². The van der Waals surface area contributed by atoms with E-state index in [4.69, 9.17) is 0 Å². The predicted molar refractivity (Wildman–Crippen MR) is 419 cm³/mol. The van der Waals surface area contributed by atoms with E-state index in [1.165, 1.54) is 257 Å². The number of unbranched alkanes of at least 4 members (excludes halogenated alkanes) is 45. The first-order valence-electron chi connectivity index (χ1n) is 42.9. The summed E-state index contributed by atoms with van der Waals surface area (Å²) in [6.07, 6.45) is 65.4. The Morgan fingerprint density at radius 1 is 0.206 bits per heavy atom. The zero-order valence-corrected chi connectivity index (χ0v) is 65.7. The van der Waals surface area contributed by atoms with E-state index in [-0.39, 0.29) is 29.5 Å². The molecule has 0 bridgehead atoms. The summed E-state index contributed by atoms with van der Waals surface area (Å²) in [6, 6.07) is 0. The van der Waals surface area contributed by atoms with Crippen molar-refractivity contribution in [1.82, 2.24) is 46.2 Å². The Hall–Kier alpha value is -2.81. The predicted octanol–water partition coefficient (Wildman–Crippen LogP) is 19.4. The van der Waals surface area contributed by atoms with Crippen molar-refractivity contribution in [2.45, 2.75) is 395 Å². The van der Waals surface area contributed by atoms with Crippen LogP contribution in [0.3, 0.4) is 0 Å². The Balaban J connectivity index is 5.98. The van der Waals surface area contributed by atoms with Crippen LogP contribution in [0.2, 0.25) is 0 Å². The van der Waals surface area contributed by atoms with Gasteiger partial charge >= 0.3 is 0 Å². The highest BCUT2D eigenvalue weighted by atomic mass is 16.2. The molecule has 0 aliphatic rings. The largest absolute Gasteiger partial charge is 0.356 e. The fourth-order valence-corrected chi connectivity index (χ4v) is 13.3. The lowest BCUT2D eigenvalue weighted by Crippen LogP contribution is -2.43. The van der Waals surface area contributed by atoms with E-state index in [2.05, 4.69) is 82.8 Å². The minimum absolute atomic E-state index is 0.0764. The highest BCUT2D eigenvalue weighted by Crippen LogP contribution is 2.16. The minimum atomic E-state index is 0.0764. The molecule has 14 heteroatoms. The molecule has 0 unspecified atom stereocenters. The van der Waals surface area contributed by atoms with Crippen molar-refractivity contribution in [3.05, 3.63) is 0 Å². The Morgan fingerprint density at radius 2 is 0.412 bits per heavy atom. The summed E-state index contributed by atoms with van der Waals surface area (Å²) in [7, 11) is 0. The monoisotopic (exact) mass is 1370 g/mol. The van der Waals surface area contributed by atoms with E-state index >= 15 is 0 Å². The smallest absolute Gasteiger partial charge is 0.223 e. The molecule has 0 atom stereocenters. The highest BCUT2D eigenvalue weighted by Gasteiger charge is 2.18. The Labute approximate surface area is 602 Å². The van der Waals surface area contributed by atoms with Crippen LogP contribution < -0.4 is 26.6 Å². The first-order chi connectivity index (χ1) is 47.6. The van der Waals surface area contributed by atoms with Gasteiger partial charge in [-0.15, -0.1) is 0 Å². The van der Waals surface area contributed by atoms with Gasteiger partial charge in [0, 0.05) is 143 Å². The molecule has 5 N–H and O–H groups in total. The maximum Gasteiger partial charge on any atom is 0.223 e. The van der Waals surface area contributed by atoms with Gasteiger partial charge in [-0.05, 0) is 39.0 Å². The summed E-state index contributed by atoms with van der Waals surface area (Å²) < 4.78 is 0. The maximum atomic E-state index is 13.9. The van der Waals surface area contributed by atoms with E-state index in [0.29, 0.717) is 104 Å². The SMILES string of the molecule is CCCCCCCCCCCCNC(=O)CCN(CCNCCN(CCC(=O)NCCCCCCCCCCCC)CCN(CCC(=O)NCCCCCCCCCCCC)CCC(=O)N(CC)CCCCCCCCCCCC)CCC(=O)NCCCCCCCCCCCC. The third-order valence-electron chi connectivity index (χ3n) is 20.1. The summed E-state index contributed by atoms with van der Waals surface area (Å²) in [4.78, 5) is 76.2. The molecule has 574 valence electrons. The molecule has 14 nitrogen and oxygen atoms in total. The van der Waals surface area contributed by atoms with Gasteiger partial charge in [0.25, 0.3) is 0 Å². The van der Waals surface area contributed by atoms with E-state index in [9.17, 15) is 24.0 Å². The third-order valence-corrected chi connectivity index (χ3v) is 20.1. The van der Waals surface area contributed by atoms with E-state index in [1.807, 2.05) is 4.90 Å². The third kappa shape index (κ3) is 70.0. The second-order valence-electron chi connectivity index (χ2n) is 29.3. The van der Waals surface area contributed by atoms with Gasteiger partial charge in [-0.25, -0.2) is 0 Å². The van der Waals surface area contributed by atoms with Gasteiger partial charge in [-0.1, -0.05) is 324 Å². The van der Waals surface area contributed by atoms with Crippen molar-refractivity contribution < 1.29 is 24.0 Å². The molecule has 0 spiro atoms. The van der Waals surface area contributed by atoms with E-state index in [0.717, 1.165) is 103 Å². The van der Waals surface area contributed by atoms with Gasteiger partial charge in [0.05, 0.1) is 0 Å². The molecule has 0 aromatic heterocycles. The van der Waals surface area contributed by atoms with Crippen LogP contribution in [0.1, 0.15) is 395 Å². The molecular formula is C83H167N9O5. The van der Waals surface area contributed by atoms with Crippen molar-refractivity contribution in [3.8, 4) is 0 Å². The van der Waals surface area contributed by atoms with E-state index < -0.39 is 0 Å². The van der Waals surface area contributed by atoms with Crippen molar-refractivity contribution in [3.63, 3.8) is 0 Å². The quantitative estimate of drug-likeness (QED) is 0.0374. The van der Waals surface area contributed by atoms with Crippen LogP contribution >= 0.6 is 0 Å². The van der Waals surface area contributed by atoms with E-state index in [1.54, 1.807) is 0 Å². The minimum Gasteiger partial charge on any atom is -0.356 e. The summed E-state index contributed by atoms with van der Waals surface area (Å²) in [5, 5.41) is 16.5. The summed E-state index contributed by atoms with van der Waals surface area (Å²) in [5.41, 5.74) is 0. The molecular weight excluding hydrogens is 1200 g/mol. The highest BCUT2D eigenvalue weighted by molar-refractivity contribution is 5.78. The summed E-state index contributed by atoms with van der Waals surface area (Å²) in [6.45, 7) is 25.1. The van der Waals surface area contributed by atoms with Gasteiger partial charge in [-0.3, -0.25) is 24.0 Å². The molecule has 0 aromatic rings. The van der Waals surface area contributed by atoms with Crippen LogP contribution in [0.25, 0.3) is 0 Å². The van der Waals surface area contributed by atoms with Crippen LogP contribution in [0.5, 0.6) is 0 Å². The number of nitrogens with zero attached hydrogens (tertiary/aromatic N) is 4. The fraction of sp³-hybridized carbons (Fsp3) is 0.940. The lowest BCUT2D eigenvalue weighted by Gasteiger charge is -2.29. The number of rotatable bonds is 80. The first kappa shape index (κ1) is 94.2. The number of hydrogen-bond acceptors (Lipinski definition) is 9. The summed E-state index contributed by atoms with van der Waals surface area (Å²) >= 11 is 0. The standard InChI is InChI=1S/C83H167N9O5/c1-7-13-18-23-28-33-38-43-48-53-63-85-79(93)58-70-89(71-59-80(94)86-64-54-49-44-39-34-29-24-19-14-8-2)75-67-84-68-76-91(73-61-82(96)88-66-56-51-46-41-36-31-26-21-16-10-4)78-77-90(72-60-81(95)87-65-55-50-45-40-35-30-25-20-15-9-3)74-62-83(97)92(12-6)69-57-52-47-42-37-32-27-22-17-11-5/h84H,7-78H2,1-6H3,(H,85,93)(H,86,94)(H,87,95)(H,88,96). The first-order valence-corrected chi connectivity index (χ1v) is 42.9. The molecule has 0 saturated heterocycles. The molecule has 0 fully saturated rings. The van der Waals surface area contributed by atoms with Crippen LogP contribution in [-0.4, -0.2) is 160 Å². The summed E-state index contributed by atoms with van der Waals surface area (Å²) in [5.74, 6) is 0.523. The number of nitrogens with one attached hydrogen (secondary N) is 5. The van der Waals surface area contributed by atoms with Crippen LogP contribution in [0.15, 0.2) is 0 Å². The molecule has 0 aliphatic heterocycles. The maximum absolute atomic E-state index is 13.9. The van der Waals surface area contributed by atoms with Crippen molar-refractivity contribution >= 4 is 29.5 Å². The second-order valence-corrected chi connectivity index (χ2v) is 29.3. The van der Waals surface area contributed by atoms with Crippen molar-refractivity contribution in [2.75, 3.05) is 111 Å². The van der Waals surface area contributed by atoms with Gasteiger partial charge in [0.15, 0.2) is 0 Å². The lowest BCUT2D eigenvalue weighted by atomic mass is 10.1. The molecule has 0 saturated carbocycles.